The molecule has 1 amide bonds. The second kappa shape index (κ2) is 11.1. The third kappa shape index (κ3) is 6.22. The first-order chi connectivity index (χ1) is 17.6. The summed E-state index contributed by atoms with van der Waals surface area (Å²) in [5.41, 5.74) is 0.311. The number of thioether (sulfide) groups is 1. The number of rotatable bonds is 7. The first kappa shape index (κ1) is 26.9. The number of fused-ring (bicyclic) bond motifs is 1. The Morgan fingerprint density at radius 2 is 1.86 bits per heavy atom. The highest BCUT2D eigenvalue weighted by molar-refractivity contribution is 8.00. The largest absolute Gasteiger partial charge is 0.416 e. The molecule has 1 aromatic heterocycles. The minimum atomic E-state index is -4.42. The number of halogens is 4. The van der Waals surface area contributed by atoms with Crippen molar-refractivity contribution in [2.45, 2.75) is 37.0 Å². The van der Waals surface area contributed by atoms with Crippen LogP contribution in [0, 0.1) is 0 Å². The van der Waals surface area contributed by atoms with Crippen molar-refractivity contribution in [3.05, 3.63) is 86.3 Å². The van der Waals surface area contributed by atoms with Gasteiger partial charge in [0.15, 0.2) is 0 Å². The fourth-order valence-corrected chi connectivity index (χ4v) is 4.86. The second-order valence-corrected chi connectivity index (χ2v) is 9.92. The molecule has 12 heteroatoms. The van der Waals surface area contributed by atoms with E-state index in [4.69, 9.17) is 16.4 Å². The summed E-state index contributed by atoms with van der Waals surface area (Å²) in [6.45, 7) is 2.26. The van der Waals surface area contributed by atoms with Crippen molar-refractivity contribution >= 4 is 35.2 Å². The van der Waals surface area contributed by atoms with Gasteiger partial charge in [-0.05, 0) is 48.9 Å². The van der Waals surface area contributed by atoms with Crippen molar-refractivity contribution in [3.63, 3.8) is 0 Å². The zero-order valence-electron chi connectivity index (χ0n) is 20.0. The molecule has 4 rings (SSSR count). The second-order valence-electron chi connectivity index (χ2n) is 8.44. The smallest absolute Gasteiger partial charge is 0.411 e. The molecule has 0 bridgehead atoms. The van der Waals surface area contributed by atoms with Gasteiger partial charge in [-0.15, -0.1) is 16.5 Å². The molecule has 196 valence electrons. The van der Waals surface area contributed by atoms with Gasteiger partial charge in [-0.1, -0.05) is 23.7 Å². The normalized spacial score (nSPS) is 14.2. The van der Waals surface area contributed by atoms with Crippen LogP contribution in [0.4, 0.5) is 19.1 Å². The lowest BCUT2D eigenvalue weighted by molar-refractivity contribution is -0.137. The molecule has 0 spiro atoms. The van der Waals surface area contributed by atoms with Crippen LogP contribution in [0.5, 0.6) is 0 Å². The highest BCUT2D eigenvalue weighted by Gasteiger charge is 2.30. The first-order valence-electron chi connectivity index (χ1n) is 11.4. The summed E-state index contributed by atoms with van der Waals surface area (Å²) in [6, 6.07) is 11.5. The van der Waals surface area contributed by atoms with Gasteiger partial charge >= 0.3 is 6.18 Å². The number of carbonyl (C=O) groups excluding carboxylic acids is 1. The number of anilines is 1. The van der Waals surface area contributed by atoms with Crippen LogP contribution in [-0.2, 0) is 23.9 Å². The first-order valence-corrected chi connectivity index (χ1v) is 12.7. The fraction of sp³-hybridized carbons (Fsp3) is 0.320. The highest BCUT2D eigenvalue weighted by atomic mass is 35.5. The van der Waals surface area contributed by atoms with E-state index in [1.807, 2.05) is 12.1 Å². The van der Waals surface area contributed by atoms with E-state index in [0.717, 1.165) is 21.8 Å². The lowest BCUT2D eigenvalue weighted by Crippen LogP contribution is -2.43. The van der Waals surface area contributed by atoms with Crippen LogP contribution < -0.4 is 15.7 Å². The maximum atomic E-state index is 13.2. The van der Waals surface area contributed by atoms with Gasteiger partial charge in [0, 0.05) is 22.9 Å². The van der Waals surface area contributed by atoms with E-state index in [2.05, 4.69) is 10.3 Å². The van der Waals surface area contributed by atoms with Gasteiger partial charge in [-0.2, -0.15) is 13.2 Å². The molecule has 0 saturated heterocycles. The van der Waals surface area contributed by atoms with Crippen LogP contribution in [-0.4, -0.2) is 39.9 Å². The van der Waals surface area contributed by atoms with Crippen LogP contribution in [0.25, 0.3) is 0 Å². The van der Waals surface area contributed by atoms with Gasteiger partial charge in [0.25, 0.3) is 5.56 Å². The zero-order chi connectivity index (χ0) is 26.7. The van der Waals surface area contributed by atoms with E-state index in [1.54, 1.807) is 24.0 Å². The Morgan fingerprint density at radius 3 is 2.49 bits per heavy atom. The summed E-state index contributed by atoms with van der Waals surface area (Å²) in [5.74, 6) is 0.247. The molecule has 3 aromatic rings. The molecule has 37 heavy (non-hydrogen) atoms. The molecule has 1 atom stereocenters. The van der Waals surface area contributed by atoms with Gasteiger partial charge in [0.05, 0.1) is 35.2 Å². The van der Waals surface area contributed by atoms with E-state index >= 15 is 0 Å². The van der Waals surface area contributed by atoms with Crippen LogP contribution in [0.2, 0.25) is 5.02 Å². The predicted octanol–water partition coefficient (Wildman–Crippen LogP) is 4.82. The number of benzene rings is 2. The number of hydrogen-bond acceptors (Lipinski definition) is 6. The van der Waals surface area contributed by atoms with Crippen molar-refractivity contribution in [3.8, 4) is 0 Å². The number of nitrogens with one attached hydrogen (secondary N) is 1. The van der Waals surface area contributed by atoms with Crippen LogP contribution >= 0.6 is 23.4 Å². The van der Waals surface area contributed by atoms with Crippen LogP contribution in [0.1, 0.15) is 35.3 Å². The number of nitrogens with zero attached hydrogens (tertiary/aromatic N) is 3. The molecule has 0 saturated carbocycles. The van der Waals surface area contributed by atoms with E-state index in [9.17, 15) is 22.8 Å². The van der Waals surface area contributed by atoms with Crippen molar-refractivity contribution in [2.24, 2.45) is 0 Å². The molecule has 2 heterocycles. The Morgan fingerprint density at radius 1 is 1.19 bits per heavy atom. The summed E-state index contributed by atoms with van der Waals surface area (Å²) < 4.78 is 39.6. The monoisotopic (exact) mass is 552 g/mol. The summed E-state index contributed by atoms with van der Waals surface area (Å²) >= 11 is 7.29. The summed E-state index contributed by atoms with van der Waals surface area (Å²) in [7, 11) is 1.32. The highest BCUT2D eigenvalue weighted by Crippen LogP contribution is 2.30. The minimum absolute atomic E-state index is 0.105. The van der Waals surface area contributed by atoms with Gasteiger partial charge in [-0.25, -0.2) is 4.98 Å². The molecule has 1 unspecified atom stereocenters. The lowest BCUT2D eigenvalue weighted by atomic mass is 10.1. The Bertz CT molecular complexity index is 1330. The third-order valence-corrected chi connectivity index (χ3v) is 7.24. The third-order valence-electron chi connectivity index (χ3n) is 5.99. The van der Waals surface area contributed by atoms with E-state index in [0.29, 0.717) is 34.8 Å². The van der Waals surface area contributed by atoms with Crippen molar-refractivity contribution in [1.29, 1.82) is 0 Å². The van der Waals surface area contributed by atoms with Gasteiger partial charge in [0.1, 0.15) is 7.11 Å². The van der Waals surface area contributed by atoms with Crippen molar-refractivity contribution in [1.82, 2.24) is 14.6 Å². The molecule has 0 fully saturated rings. The van der Waals surface area contributed by atoms with E-state index < -0.39 is 23.3 Å². The molecule has 1 aliphatic heterocycles. The summed E-state index contributed by atoms with van der Waals surface area (Å²) in [4.78, 5) is 38.4. The maximum Gasteiger partial charge on any atom is 0.416 e. The van der Waals surface area contributed by atoms with Gasteiger partial charge in [-0.3, -0.25) is 9.59 Å². The molecule has 7 nitrogen and oxygen atoms in total. The van der Waals surface area contributed by atoms with Crippen molar-refractivity contribution in [2.75, 3.05) is 24.7 Å². The lowest BCUT2D eigenvalue weighted by Gasteiger charge is -2.29. The number of hydrogen-bond donors (Lipinski definition) is 1. The number of carbonyl (C=O) groups is 1. The minimum Gasteiger partial charge on any atom is -0.411 e. The molecular weight excluding hydrogens is 529 g/mol. The SMILES string of the molecule is COn1c(NC(C)c2ccc(C(F)(F)F)cc2)nc2c(c1=O)CN(C(=O)CSc1ccc(Cl)cc1)CC2. The Kier molecular flexibility index (Phi) is 8.03. The standard InChI is InChI=1S/C25H24ClF3N4O3S/c1-15(16-3-5-17(6-4-16)25(27,28)29)30-24-31-21-11-12-32(13-20(21)23(35)33(24)36-2)22(34)14-37-19-9-7-18(26)8-10-19/h3-10,15H,11-14H2,1-2H3,(H,30,31). The summed E-state index contributed by atoms with van der Waals surface area (Å²) in [6.07, 6.45) is -4.04. The Labute approximate surface area is 220 Å². The molecule has 0 aliphatic carbocycles. The van der Waals surface area contributed by atoms with E-state index in [1.165, 1.54) is 31.0 Å². The average Bonchev–Trinajstić information content (AvgIpc) is 2.88. The zero-order valence-corrected chi connectivity index (χ0v) is 21.6. The van der Waals surface area contributed by atoms with Crippen molar-refractivity contribution < 1.29 is 22.8 Å². The average molecular weight is 553 g/mol. The molecule has 2 aromatic carbocycles. The number of aromatic nitrogens is 2. The Hall–Kier alpha value is -3.18. The Balaban J connectivity index is 1.47. The molecule has 1 N–H and O–H groups in total. The summed E-state index contributed by atoms with van der Waals surface area (Å²) in [5, 5.41) is 3.67. The fourth-order valence-electron chi connectivity index (χ4n) is 3.94. The van der Waals surface area contributed by atoms with Gasteiger partial charge in [0.2, 0.25) is 11.9 Å². The van der Waals surface area contributed by atoms with Crippen LogP contribution in [0.15, 0.2) is 58.2 Å². The molecule has 1 aliphatic rings. The van der Waals surface area contributed by atoms with Crippen LogP contribution in [0.3, 0.4) is 0 Å². The number of alkyl halides is 3. The number of amides is 1. The predicted molar refractivity (Wildman–Crippen MR) is 136 cm³/mol. The quantitative estimate of drug-likeness (QED) is 0.423. The molecule has 0 radical (unpaired) electrons. The topological polar surface area (TPSA) is 76.5 Å². The van der Waals surface area contributed by atoms with Gasteiger partial charge < -0.3 is 15.1 Å². The van der Waals surface area contributed by atoms with E-state index in [-0.39, 0.29) is 24.2 Å². The maximum absolute atomic E-state index is 13.2. The molecular formula is C25H24ClF3N4O3S.